The van der Waals surface area contributed by atoms with Crippen LogP contribution in [0.15, 0.2) is 48.8 Å². The van der Waals surface area contributed by atoms with E-state index in [4.69, 9.17) is 23.2 Å². The monoisotopic (exact) mass is 429 g/mol. The highest BCUT2D eigenvalue weighted by Crippen LogP contribution is 2.22. The molecule has 3 aromatic rings. The maximum atomic E-state index is 6.18. The minimum atomic E-state index is 0.562. The average Bonchev–Trinajstić information content (AvgIpc) is 2.91. The Hall–Kier alpha value is -1.11. The zero-order chi connectivity index (χ0) is 14.8. The van der Waals surface area contributed by atoms with E-state index < -0.39 is 0 Å². The lowest BCUT2D eigenvalue weighted by Gasteiger charge is -2.04. The first-order chi connectivity index (χ1) is 10.1. The van der Waals surface area contributed by atoms with Gasteiger partial charge in [-0.25, -0.2) is 9.67 Å². The fourth-order valence-electron chi connectivity index (χ4n) is 1.96. The van der Waals surface area contributed by atoms with Gasteiger partial charge in [-0.1, -0.05) is 41.4 Å². The minimum absolute atomic E-state index is 0.562. The lowest BCUT2D eigenvalue weighted by molar-refractivity contribution is 0.687. The molecule has 0 aliphatic carbocycles. The number of halogens is 3. The van der Waals surface area contributed by atoms with Crippen molar-refractivity contribution >= 4 is 45.8 Å². The van der Waals surface area contributed by atoms with Gasteiger partial charge in [0.1, 0.15) is 6.33 Å². The molecular weight excluding hydrogens is 420 g/mol. The van der Waals surface area contributed by atoms with E-state index in [1.54, 1.807) is 17.1 Å². The van der Waals surface area contributed by atoms with Gasteiger partial charge in [-0.3, -0.25) is 0 Å². The number of hydrogen-bond acceptors (Lipinski definition) is 2. The van der Waals surface area contributed by atoms with Crippen LogP contribution in [-0.4, -0.2) is 14.8 Å². The SMILES string of the molecule is Clc1ccc(Cn2cnc(-c3cccc(I)c3)n2)c(Cl)c1. The molecule has 0 radical (unpaired) electrons. The molecule has 0 saturated heterocycles. The summed E-state index contributed by atoms with van der Waals surface area (Å²) in [6, 6.07) is 13.5. The molecule has 6 heteroatoms. The topological polar surface area (TPSA) is 30.7 Å². The first kappa shape index (κ1) is 14.8. The molecule has 106 valence electrons. The maximum Gasteiger partial charge on any atom is 0.181 e. The van der Waals surface area contributed by atoms with Crippen LogP contribution in [-0.2, 0) is 6.54 Å². The van der Waals surface area contributed by atoms with Gasteiger partial charge < -0.3 is 0 Å². The molecule has 0 aliphatic heterocycles. The summed E-state index contributed by atoms with van der Waals surface area (Å²) in [4.78, 5) is 4.35. The van der Waals surface area contributed by atoms with E-state index >= 15 is 0 Å². The van der Waals surface area contributed by atoms with E-state index in [-0.39, 0.29) is 0 Å². The lowest BCUT2D eigenvalue weighted by atomic mass is 10.2. The summed E-state index contributed by atoms with van der Waals surface area (Å²) in [7, 11) is 0. The van der Waals surface area contributed by atoms with Crippen molar-refractivity contribution in [1.82, 2.24) is 14.8 Å². The van der Waals surface area contributed by atoms with Crippen LogP contribution in [0.5, 0.6) is 0 Å². The molecule has 0 atom stereocenters. The van der Waals surface area contributed by atoms with Gasteiger partial charge in [-0.2, -0.15) is 5.10 Å². The van der Waals surface area contributed by atoms with E-state index in [1.165, 1.54) is 0 Å². The number of aromatic nitrogens is 3. The standard InChI is InChI=1S/C15H10Cl2IN3/c16-12-5-4-11(14(17)7-12)8-21-9-19-15(20-21)10-2-1-3-13(18)6-10/h1-7,9H,8H2. The molecule has 0 saturated carbocycles. The van der Waals surface area contributed by atoms with Crippen LogP contribution in [0.3, 0.4) is 0 Å². The zero-order valence-electron chi connectivity index (χ0n) is 10.8. The molecule has 0 spiro atoms. The van der Waals surface area contributed by atoms with Gasteiger partial charge in [-0.05, 0) is 52.4 Å². The smallest absolute Gasteiger partial charge is 0.181 e. The van der Waals surface area contributed by atoms with Crippen LogP contribution < -0.4 is 0 Å². The Morgan fingerprint density at radius 2 is 1.95 bits per heavy atom. The average molecular weight is 430 g/mol. The van der Waals surface area contributed by atoms with Crippen LogP contribution in [0, 0.1) is 3.57 Å². The molecule has 0 N–H and O–H groups in total. The van der Waals surface area contributed by atoms with Crippen molar-refractivity contribution in [1.29, 1.82) is 0 Å². The van der Waals surface area contributed by atoms with Crippen molar-refractivity contribution in [3.8, 4) is 11.4 Å². The molecule has 0 fully saturated rings. The van der Waals surface area contributed by atoms with E-state index in [0.29, 0.717) is 22.4 Å². The van der Waals surface area contributed by atoms with Crippen molar-refractivity contribution in [2.75, 3.05) is 0 Å². The first-order valence-corrected chi connectivity index (χ1v) is 8.04. The Morgan fingerprint density at radius 1 is 1.10 bits per heavy atom. The minimum Gasteiger partial charge on any atom is -0.248 e. The largest absolute Gasteiger partial charge is 0.248 e. The summed E-state index contributed by atoms with van der Waals surface area (Å²) in [6.07, 6.45) is 1.71. The van der Waals surface area contributed by atoms with Crippen molar-refractivity contribution in [3.63, 3.8) is 0 Å². The Kier molecular flexibility index (Phi) is 4.47. The van der Waals surface area contributed by atoms with Gasteiger partial charge in [0, 0.05) is 19.2 Å². The third-order valence-corrected chi connectivity index (χ3v) is 4.22. The molecule has 3 nitrogen and oxygen atoms in total. The van der Waals surface area contributed by atoms with Gasteiger partial charge in [0.05, 0.1) is 6.54 Å². The fourth-order valence-corrected chi connectivity index (χ4v) is 2.97. The van der Waals surface area contributed by atoms with Crippen LogP contribution >= 0.6 is 45.8 Å². The molecule has 0 aliphatic rings. The Labute approximate surface area is 146 Å². The Morgan fingerprint density at radius 3 is 2.71 bits per heavy atom. The molecule has 0 unspecified atom stereocenters. The highest BCUT2D eigenvalue weighted by molar-refractivity contribution is 14.1. The summed E-state index contributed by atoms with van der Waals surface area (Å²) < 4.78 is 2.92. The molecule has 3 rings (SSSR count). The van der Waals surface area contributed by atoms with Gasteiger partial charge in [-0.15, -0.1) is 0 Å². The summed E-state index contributed by atoms with van der Waals surface area (Å²) in [5, 5.41) is 5.75. The van der Waals surface area contributed by atoms with Gasteiger partial charge in [0.2, 0.25) is 0 Å². The number of nitrogens with zero attached hydrogens (tertiary/aromatic N) is 3. The molecule has 1 heterocycles. The van der Waals surface area contributed by atoms with Crippen LogP contribution in [0.4, 0.5) is 0 Å². The van der Waals surface area contributed by atoms with Crippen molar-refractivity contribution in [3.05, 3.63) is 68.0 Å². The van der Waals surface area contributed by atoms with Gasteiger partial charge in [0.25, 0.3) is 0 Å². The highest BCUT2D eigenvalue weighted by atomic mass is 127. The predicted molar refractivity (Wildman–Crippen MR) is 93.7 cm³/mol. The fraction of sp³-hybridized carbons (Fsp3) is 0.0667. The maximum absolute atomic E-state index is 6.18. The zero-order valence-corrected chi connectivity index (χ0v) is 14.5. The molecule has 2 aromatic carbocycles. The van der Waals surface area contributed by atoms with E-state index in [0.717, 1.165) is 14.7 Å². The van der Waals surface area contributed by atoms with Crippen molar-refractivity contribution in [2.24, 2.45) is 0 Å². The van der Waals surface area contributed by atoms with E-state index in [9.17, 15) is 0 Å². The van der Waals surface area contributed by atoms with Crippen molar-refractivity contribution < 1.29 is 0 Å². The third kappa shape index (κ3) is 3.56. The molecular formula is C15H10Cl2IN3. The number of rotatable bonds is 3. The van der Waals surface area contributed by atoms with E-state index in [1.807, 2.05) is 30.3 Å². The Bertz CT molecular complexity index is 786. The second kappa shape index (κ2) is 6.34. The third-order valence-electron chi connectivity index (χ3n) is 2.97. The molecule has 0 amide bonds. The van der Waals surface area contributed by atoms with E-state index in [2.05, 4.69) is 38.7 Å². The summed E-state index contributed by atoms with van der Waals surface area (Å²) in [5.74, 6) is 0.707. The Balaban J connectivity index is 1.85. The summed E-state index contributed by atoms with van der Waals surface area (Å²) in [6.45, 7) is 0.562. The number of hydrogen-bond donors (Lipinski definition) is 0. The van der Waals surface area contributed by atoms with Crippen LogP contribution in [0.25, 0.3) is 11.4 Å². The lowest BCUT2D eigenvalue weighted by Crippen LogP contribution is -2.01. The molecule has 0 bridgehead atoms. The second-order valence-electron chi connectivity index (χ2n) is 4.51. The first-order valence-electron chi connectivity index (χ1n) is 6.21. The van der Waals surface area contributed by atoms with Crippen LogP contribution in [0.1, 0.15) is 5.56 Å². The normalized spacial score (nSPS) is 10.8. The predicted octanol–water partition coefficient (Wildman–Crippen LogP) is 4.90. The molecule has 1 aromatic heterocycles. The second-order valence-corrected chi connectivity index (χ2v) is 6.60. The molecule has 21 heavy (non-hydrogen) atoms. The highest BCUT2D eigenvalue weighted by Gasteiger charge is 2.07. The summed E-state index contributed by atoms with van der Waals surface area (Å²) in [5.41, 5.74) is 1.96. The van der Waals surface area contributed by atoms with Gasteiger partial charge in [0.15, 0.2) is 5.82 Å². The summed E-state index contributed by atoms with van der Waals surface area (Å²) >= 11 is 14.3. The quantitative estimate of drug-likeness (QED) is 0.554. The number of benzene rings is 2. The van der Waals surface area contributed by atoms with Crippen molar-refractivity contribution in [2.45, 2.75) is 6.54 Å². The van der Waals surface area contributed by atoms with Gasteiger partial charge >= 0.3 is 0 Å². The van der Waals surface area contributed by atoms with Crippen LogP contribution in [0.2, 0.25) is 10.0 Å².